The minimum atomic E-state index is -0.113. The maximum Gasteiger partial charge on any atom is 0.219 e. The fraction of sp³-hybridized carbons (Fsp3) is 0.625. The molecular weight excluding hydrogens is 142 g/mol. The molecule has 0 fully saturated rings. The van der Waals surface area contributed by atoms with Gasteiger partial charge in [0.1, 0.15) is 12.9 Å². The van der Waals surface area contributed by atoms with E-state index in [9.17, 15) is 0 Å². The van der Waals surface area contributed by atoms with Gasteiger partial charge in [0.2, 0.25) is 5.89 Å². The van der Waals surface area contributed by atoms with E-state index in [2.05, 4.69) is 18.8 Å². The number of aliphatic hydroxyl groups excluding tert-OH is 1. The second-order valence-electron chi connectivity index (χ2n) is 2.99. The molecular formula is C8H13NO2. The summed E-state index contributed by atoms with van der Waals surface area (Å²) in [4.78, 5) is 4.05. The molecule has 0 saturated carbocycles. The van der Waals surface area contributed by atoms with E-state index in [-0.39, 0.29) is 6.61 Å². The SMILES string of the molecule is CC(C)Cc1coc(CO)n1. The summed E-state index contributed by atoms with van der Waals surface area (Å²) in [7, 11) is 0. The highest BCUT2D eigenvalue weighted by Gasteiger charge is 2.03. The van der Waals surface area contributed by atoms with Crippen molar-refractivity contribution in [2.75, 3.05) is 0 Å². The minimum Gasteiger partial charge on any atom is -0.446 e. The largest absolute Gasteiger partial charge is 0.446 e. The summed E-state index contributed by atoms with van der Waals surface area (Å²) < 4.78 is 4.95. The van der Waals surface area contributed by atoms with E-state index < -0.39 is 0 Å². The predicted octanol–water partition coefficient (Wildman–Crippen LogP) is 1.37. The number of aliphatic hydroxyl groups is 1. The number of hydrogen-bond acceptors (Lipinski definition) is 3. The van der Waals surface area contributed by atoms with Gasteiger partial charge < -0.3 is 9.52 Å². The third kappa shape index (κ3) is 2.35. The first-order valence-electron chi connectivity index (χ1n) is 3.76. The molecule has 0 aromatic carbocycles. The Morgan fingerprint density at radius 3 is 2.82 bits per heavy atom. The average molecular weight is 155 g/mol. The molecule has 1 aromatic rings. The summed E-state index contributed by atoms with van der Waals surface area (Å²) in [5.41, 5.74) is 0.920. The van der Waals surface area contributed by atoms with Crippen molar-refractivity contribution in [1.29, 1.82) is 0 Å². The third-order valence-corrected chi connectivity index (χ3v) is 1.35. The van der Waals surface area contributed by atoms with Crippen molar-refractivity contribution in [2.24, 2.45) is 5.92 Å². The van der Waals surface area contributed by atoms with Gasteiger partial charge in [0, 0.05) is 0 Å². The van der Waals surface area contributed by atoms with Crippen LogP contribution < -0.4 is 0 Å². The number of nitrogens with zero attached hydrogens (tertiary/aromatic N) is 1. The zero-order valence-electron chi connectivity index (χ0n) is 6.87. The molecule has 1 heterocycles. The summed E-state index contributed by atoms with van der Waals surface area (Å²) in [6.07, 6.45) is 2.51. The Morgan fingerprint density at radius 1 is 1.64 bits per heavy atom. The highest BCUT2D eigenvalue weighted by molar-refractivity contribution is 4.96. The van der Waals surface area contributed by atoms with E-state index in [1.165, 1.54) is 0 Å². The Bertz CT molecular complexity index is 218. The predicted molar refractivity (Wildman–Crippen MR) is 41.0 cm³/mol. The second kappa shape index (κ2) is 3.53. The summed E-state index contributed by atoms with van der Waals surface area (Å²) in [5, 5.41) is 8.63. The Labute approximate surface area is 66.1 Å². The highest BCUT2D eigenvalue weighted by atomic mass is 16.4. The zero-order chi connectivity index (χ0) is 8.27. The molecule has 0 unspecified atom stereocenters. The molecule has 3 nitrogen and oxygen atoms in total. The van der Waals surface area contributed by atoms with Gasteiger partial charge in [-0.3, -0.25) is 0 Å². The first kappa shape index (κ1) is 8.27. The molecule has 0 aliphatic rings. The Kier molecular flexibility index (Phi) is 2.65. The number of oxazole rings is 1. The molecule has 0 radical (unpaired) electrons. The fourth-order valence-electron chi connectivity index (χ4n) is 0.934. The van der Waals surface area contributed by atoms with Gasteiger partial charge in [0.25, 0.3) is 0 Å². The van der Waals surface area contributed by atoms with Crippen molar-refractivity contribution in [1.82, 2.24) is 4.98 Å². The highest BCUT2D eigenvalue weighted by Crippen LogP contribution is 2.07. The summed E-state index contributed by atoms with van der Waals surface area (Å²) in [6, 6.07) is 0. The van der Waals surface area contributed by atoms with Crippen LogP contribution in [0.5, 0.6) is 0 Å². The van der Waals surface area contributed by atoms with Crippen molar-refractivity contribution >= 4 is 0 Å². The van der Waals surface area contributed by atoms with E-state index in [0.717, 1.165) is 12.1 Å². The molecule has 0 bridgehead atoms. The maximum absolute atomic E-state index is 8.63. The molecule has 11 heavy (non-hydrogen) atoms. The topological polar surface area (TPSA) is 46.3 Å². The van der Waals surface area contributed by atoms with Crippen molar-refractivity contribution in [2.45, 2.75) is 26.9 Å². The normalized spacial score (nSPS) is 10.9. The van der Waals surface area contributed by atoms with Crippen LogP contribution in [-0.2, 0) is 13.0 Å². The first-order chi connectivity index (χ1) is 5.22. The molecule has 0 aliphatic heterocycles. The van der Waals surface area contributed by atoms with Gasteiger partial charge >= 0.3 is 0 Å². The van der Waals surface area contributed by atoms with Crippen LogP contribution in [0.3, 0.4) is 0 Å². The lowest BCUT2D eigenvalue weighted by Gasteiger charge is -1.97. The van der Waals surface area contributed by atoms with Crippen molar-refractivity contribution in [3.63, 3.8) is 0 Å². The molecule has 1 rings (SSSR count). The van der Waals surface area contributed by atoms with E-state index in [0.29, 0.717) is 11.8 Å². The molecule has 0 atom stereocenters. The van der Waals surface area contributed by atoms with Gasteiger partial charge in [0.05, 0.1) is 5.69 Å². The van der Waals surface area contributed by atoms with Gasteiger partial charge in [-0.15, -0.1) is 0 Å². The summed E-state index contributed by atoms with van der Waals surface area (Å²) in [6.45, 7) is 4.12. The summed E-state index contributed by atoms with van der Waals surface area (Å²) >= 11 is 0. The Morgan fingerprint density at radius 2 is 2.36 bits per heavy atom. The van der Waals surface area contributed by atoms with E-state index in [1.807, 2.05) is 0 Å². The zero-order valence-corrected chi connectivity index (χ0v) is 6.87. The molecule has 1 N–H and O–H groups in total. The van der Waals surface area contributed by atoms with Crippen LogP contribution in [0, 0.1) is 5.92 Å². The van der Waals surface area contributed by atoms with Gasteiger partial charge in [-0.1, -0.05) is 13.8 Å². The van der Waals surface area contributed by atoms with Gasteiger partial charge in [0.15, 0.2) is 0 Å². The summed E-state index contributed by atoms with van der Waals surface area (Å²) in [5.74, 6) is 0.979. The van der Waals surface area contributed by atoms with Crippen molar-refractivity contribution in [3.8, 4) is 0 Å². The lowest BCUT2D eigenvalue weighted by molar-refractivity contribution is 0.240. The molecule has 62 valence electrons. The fourth-order valence-corrected chi connectivity index (χ4v) is 0.934. The van der Waals surface area contributed by atoms with Crippen LogP contribution in [0.2, 0.25) is 0 Å². The van der Waals surface area contributed by atoms with Crippen LogP contribution in [0.1, 0.15) is 25.4 Å². The molecule has 1 aromatic heterocycles. The van der Waals surface area contributed by atoms with Crippen LogP contribution in [0.15, 0.2) is 10.7 Å². The molecule has 0 spiro atoms. The monoisotopic (exact) mass is 155 g/mol. The second-order valence-corrected chi connectivity index (χ2v) is 2.99. The molecule has 0 aliphatic carbocycles. The molecule has 0 saturated heterocycles. The van der Waals surface area contributed by atoms with Gasteiger partial charge in [-0.25, -0.2) is 4.98 Å². The quantitative estimate of drug-likeness (QED) is 0.717. The third-order valence-electron chi connectivity index (χ3n) is 1.35. The first-order valence-corrected chi connectivity index (χ1v) is 3.76. The van der Waals surface area contributed by atoms with Crippen LogP contribution in [-0.4, -0.2) is 10.1 Å². The lowest BCUT2D eigenvalue weighted by Crippen LogP contribution is -1.94. The average Bonchev–Trinajstić information content (AvgIpc) is 2.34. The minimum absolute atomic E-state index is 0.113. The van der Waals surface area contributed by atoms with E-state index in [1.54, 1.807) is 6.26 Å². The smallest absolute Gasteiger partial charge is 0.219 e. The maximum atomic E-state index is 8.63. The van der Waals surface area contributed by atoms with E-state index in [4.69, 9.17) is 9.52 Å². The van der Waals surface area contributed by atoms with Gasteiger partial charge in [-0.2, -0.15) is 0 Å². The standard InChI is InChI=1S/C8H13NO2/c1-6(2)3-7-5-11-8(4-10)9-7/h5-6,10H,3-4H2,1-2H3. The number of rotatable bonds is 3. The van der Waals surface area contributed by atoms with E-state index >= 15 is 0 Å². The van der Waals surface area contributed by atoms with Crippen molar-refractivity contribution in [3.05, 3.63) is 17.8 Å². The van der Waals surface area contributed by atoms with Gasteiger partial charge in [-0.05, 0) is 12.3 Å². The number of hydrogen-bond donors (Lipinski definition) is 1. The number of aromatic nitrogens is 1. The Hall–Kier alpha value is -0.830. The molecule has 3 heteroatoms. The van der Waals surface area contributed by atoms with Crippen LogP contribution in [0.25, 0.3) is 0 Å². The molecule has 0 amide bonds. The Balaban J connectivity index is 2.58. The lowest BCUT2D eigenvalue weighted by atomic mass is 10.1. The van der Waals surface area contributed by atoms with Crippen LogP contribution >= 0.6 is 0 Å². The van der Waals surface area contributed by atoms with Crippen LogP contribution in [0.4, 0.5) is 0 Å². The van der Waals surface area contributed by atoms with Crippen molar-refractivity contribution < 1.29 is 9.52 Å².